The number of carbonyl (C=O) groups excluding carboxylic acids is 6. The number of carboxylic acid groups (broad SMARTS) is 2. The number of hydrogen-bond donors (Lipinski definition) is 6. The Morgan fingerprint density at radius 3 is 1.94 bits per heavy atom. The van der Waals surface area contributed by atoms with E-state index in [-0.39, 0.29) is 114 Å². The molecule has 1 aromatic rings. The number of nitrogens with one attached hydrogen (secondary N) is 5. The van der Waals surface area contributed by atoms with E-state index in [1.807, 2.05) is 0 Å². The maximum Gasteiger partial charge on any atom is 0.317 e. The number of Topliss-reactive ketones (excluding diaryl/α,β-unsaturated/α-hetero) is 4. The van der Waals surface area contributed by atoms with Crippen molar-refractivity contribution in [3.63, 3.8) is 0 Å². The summed E-state index contributed by atoms with van der Waals surface area (Å²) >= 11 is 0. The third-order valence-corrected chi connectivity index (χ3v) is 11.8. The highest BCUT2D eigenvalue weighted by molar-refractivity contribution is 5.95. The van der Waals surface area contributed by atoms with Gasteiger partial charge in [-0.2, -0.15) is 0 Å². The first-order chi connectivity index (χ1) is 32.0. The number of H-pyrrole nitrogens is 1. The standard InChI is InChI=1S/C49H83N6O12/c1-4-5-6-7-8-9-10-11-12-13-14-15-16-20-40(56)28-38(48(64)65)21-22-45(60)54-24-25-66-26-27-67-35-46(61)53-23-18-17-19-37(43(58)33-51-34-47(62)63)29-44(59)49(2,3)31-42(57)41(50)30-39-32-52-36-55-39/h32,36-38,41,50-51H,4-31,33-35H2,1-3H3,(H,52,55)(H,53,61)(H,54,60)(H,62,63)(H,64,65)/t37-,38-,41+/m1/s1. The molecule has 0 aromatic carbocycles. The summed E-state index contributed by atoms with van der Waals surface area (Å²) in [4.78, 5) is 106. The molecule has 0 aliphatic rings. The summed E-state index contributed by atoms with van der Waals surface area (Å²) in [5, 5.41) is 26.5. The van der Waals surface area contributed by atoms with E-state index in [9.17, 15) is 43.5 Å². The SMILES string of the molecule is CCCCCCCCCCCCCCCC(=O)C[C@@H](CCC(=O)NCCOCCOCC(=O)NCCCC[C@H](CC(=O)C(C)(C)CC(=O)[C@@H]([NH])Cc1cnc[nH]1)C(=O)CNCC(=O)O)C(=O)O. The predicted molar refractivity (Wildman–Crippen MR) is 253 cm³/mol. The number of rotatable bonds is 46. The number of aliphatic carboxylic acids is 2. The third kappa shape index (κ3) is 32.1. The van der Waals surface area contributed by atoms with Crippen LogP contribution in [0.3, 0.4) is 0 Å². The van der Waals surface area contributed by atoms with Crippen LogP contribution in [0.4, 0.5) is 0 Å². The van der Waals surface area contributed by atoms with Crippen molar-refractivity contribution in [3.8, 4) is 0 Å². The molecule has 381 valence electrons. The van der Waals surface area contributed by atoms with E-state index in [1.54, 1.807) is 13.8 Å². The lowest BCUT2D eigenvalue weighted by molar-refractivity contribution is -0.144. The molecule has 2 amide bonds. The fraction of sp³-hybridized carbons (Fsp3) is 0.776. The molecular formula is C49H83N6O12. The Hall–Kier alpha value is -4.39. The molecule has 18 heteroatoms. The van der Waals surface area contributed by atoms with Gasteiger partial charge in [-0.25, -0.2) is 10.7 Å². The fourth-order valence-electron chi connectivity index (χ4n) is 7.57. The Morgan fingerprint density at radius 2 is 1.33 bits per heavy atom. The molecule has 1 rings (SSSR count). The molecule has 0 aliphatic heterocycles. The Balaban J connectivity index is 2.23. The van der Waals surface area contributed by atoms with Gasteiger partial charge in [0.2, 0.25) is 11.8 Å². The number of amides is 2. The molecule has 0 spiro atoms. The molecular weight excluding hydrogens is 865 g/mol. The van der Waals surface area contributed by atoms with Crippen LogP contribution in [0.2, 0.25) is 0 Å². The van der Waals surface area contributed by atoms with Crippen molar-refractivity contribution < 1.29 is 58.0 Å². The Morgan fingerprint density at radius 1 is 0.701 bits per heavy atom. The summed E-state index contributed by atoms with van der Waals surface area (Å²) < 4.78 is 10.8. The molecule has 0 unspecified atom stereocenters. The molecule has 18 nitrogen and oxygen atoms in total. The zero-order valence-corrected chi connectivity index (χ0v) is 40.7. The normalized spacial score (nSPS) is 12.8. The molecule has 0 bridgehead atoms. The van der Waals surface area contributed by atoms with Gasteiger partial charge in [0.15, 0.2) is 5.78 Å². The molecule has 1 aromatic heterocycles. The molecule has 3 atom stereocenters. The van der Waals surface area contributed by atoms with E-state index in [0.29, 0.717) is 31.4 Å². The first kappa shape index (κ1) is 60.6. The van der Waals surface area contributed by atoms with Crippen molar-refractivity contribution in [1.82, 2.24) is 31.7 Å². The van der Waals surface area contributed by atoms with Gasteiger partial charge in [0.1, 0.15) is 24.0 Å². The smallest absolute Gasteiger partial charge is 0.317 e. The number of carbonyl (C=O) groups is 8. The van der Waals surface area contributed by atoms with Gasteiger partial charge >= 0.3 is 11.9 Å². The highest BCUT2D eigenvalue weighted by atomic mass is 16.5. The van der Waals surface area contributed by atoms with Gasteiger partial charge in [0.05, 0.1) is 51.2 Å². The number of unbranched alkanes of at least 4 members (excludes halogenated alkanes) is 13. The summed E-state index contributed by atoms with van der Waals surface area (Å²) in [6, 6.07) is -1.08. The first-order valence-corrected chi connectivity index (χ1v) is 24.7. The van der Waals surface area contributed by atoms with Crippen LogP contribution in [-0.2, 0) is 54.3 Å². The molecule has 7 N–H and O–H groups in total. The van der Waals surface area contributed by atoms with Gasteiger partial charge in [-0.1, -0.05) is 104 Å². The van der Waals surface area contributed by atoms with E-state index in [1.165, 1.54) is 76.7 Å². The summed E-state index contributed by atoms with van der Waals surface area (Å²) in [6.45, 7) is 5.53. The van der Waals surface area contributed by atoms with Crippen LogP contribution in [-0.4, -0.2) is 126 Å². The Labute approximate surface area is 398 Å². The minimum atomic E-state index is -1.13. The van der Waals surface area contributed by atoms with Crippen LogP contribution >= 0.6 is 0 Å². The summed E-state index contributed by atoms with van der Waals surface area (Å²) in [6.07, 6.45) is 20.1. The molecule has 1 radical (unpaired) electrons. The van der Waals surface area contributed by atoms with Gasteiger partial charge in [-0.05, 0) is 25.7 Å². The molecule has 0 saturated carbocycles. The first-order valence-electron chi connectivity index (χ1n) is 24.7. The average molecular weight is 948 g/mol. The lowest BCUT2D eigenvalue weighted by Gasteiger charge is -2.26. The van der Waals surface area contributed by atoms with Crippen molar-refractivity contribution in [2.24, 2.45) is 17.3 Å². The zero-order chi connectivity index (χ0) is 49.7. The minimum absolute atomic E-state index is 0.0178. The number of carboxylic acids is 2. The second-order valence-corrected chi connectivity index (χ2v) is 18.3. The summed E-state index contributed by atoms with van der Waals surface area (Å²) in [5.41, 5.74) is 7.74. The van der Waals surface area contributed by atoms with E-state index >= 15 is 0 Å². The van der Waals surface area contributed by atoms with Crippen LogP contribution in [0.1, 0.15) is 168 Å². The van der Waals surface area contributed by atoms with Gasteiger partial charge < -0.3 is 40.6 Å². The highest BCUT2D eigenvalue weighted by Crippen LogP contribution is 2.28. The van der Waals surface area contributed by atoms with Crippen LogP contribution in [0, 0.1) is 17.3 Å². The van der Waals surface area contributed by atoms with E-state index in [0.717, 1.165) is 19.3 Å². The van der Waals surface area contributed by atoms with Crippen molar-refractivity contribution in [1.29, 1.82) is 0 Å². The van der Waals surface area contributed by atoms with Crippen LogP contribution in [0.15, 0.2) is 12.5 Å². The zero-order valence-electron chi connectivity index (χ0n) is 40.7. The van der Waals surface area contributed by atoms with E-state index in [4.69, 9.17) is 20.3 Å². The monoisotopic (exact) mass is 948 g/mol. The molecule has 67 heavy (non-hydrogen) atoms. The van der Waals surface area contributed by atoms with E-state index < -0.39 is 47.6 Å². The average Bonchev–Trinajstić information content (AvgIpc) is 3.79. The van der Waals surface area contributed by atoms with Crippen molar-refractivity contribution in [2.75, 3.05) is 52.6 Å². The number of imidazole rings is 1. The summed E-state index contributed by atoms with van der Waals surface area (Å²) in [7, 11) is 0. The van der Waals surface area contributed by atoms with Gasteiger partial charge in [-0.3, -0.25) is 38.4 Å². The Kier molecular flexibility index (Phi) is 34.0. The van der Waals surface area contributed by atoms with Crippen molar-refractivity contribution >= 4 is 46.9 Å². The van der Waals surface area contributed by atoms with Crippen LogP contribution in [0.5, 0.6) is 0 Å². The molecule has 0 aliphatic carbocycles. The number of aromatic amines is 1. The van der Waals surface area contributed by atoms with E-state index in [2.05, 4.69) is 32.8 Å². The maximum absolute atomic E-state index is 13.4. The second kappa shape index (κ2) is 37.6. The fourth-order valence-corrected chi connectivity index (χ4v) is 7.57. The molecule has 1 heterocycles. The largest absolute Gasteiger partial charge is 0.481 e. The quantitative estimate of drug-likeness (QED) is 0.0424. The predicted octanol–water partition coefficient (Wildman–Crippen LogP) is 5.77. The highest BCUT2D eigenvalue weighted by Gasteiger charge is 2.35. The lowest BCUT2D eigenvalue weighted by atomic mass is 9.76. The van der Waals surface area contributed by atoms with Crippen LogP contribution in [0.25, 0.3) is 0 Å². The Bertz CT molecular complexity index is 1590. The minimum Gasteiger partial charge on any atom is -0.481 e. The number of nitrogens with zero attached hydrogens (tertiary/aromatic N) is 1. The van der Waals surface area contributed by atoms with Gasteiger partial charge in [0.25, 0.3) is 0 Å². The number of hydrogen-bond acceptors (Lipinski definition) is 12. The second-order valence-electron chi connectivity index (χ2n) is 18.3. The number of ether oxygens (including phenoxy) is 2. The maximum atomic E-state index is 13.4. The number of aromatic nitrogens is 2. The third-order valence-electron chi connectivity index (χ3n) is 11.8. The molecule has 0 fully saturated rings. The summed E-state index contributed by atoms with van der Waals surface area (Å²) in [5.74, 6) is -5.66. The van der Waals surface area contributed by atoms with Gasteiger partial charge in [-0.15, -0.1) is 0 Å². The molecule has 0 saturated heterocycles. The van der Waals surface area contributed by atoms with Gasteiger partial charge in [0, 0.05) is 74.8 Å². The van der Waals surface area contributed by atoms with Crippen molar-refractivity contribution in [3.05, 3.63) is 18.2 Å². The van der Waals surface area contributed by atoms with Crippen LogP contribution < -0.4 is 21.7 Å². The lowest BCUT2D eigenvalue weighted by Crippen LogP contribution is -2.37. The van der Waals surface area contributed by atoms with Crippen molar-refractivity contribution in [2.45, 2.75) is 174 Å². The topological polar surface area (TPSA) is 284 Å². The number of ketones is 4.